The number of rotatable bonds is 5. The maximum Gasteiger partial charge on any atom is 0.416 e. The molecule has 1 aromatic carbocycles. The van der Waals surface area contributed by atoms with Crippen molar-refractivity contribution in [2.45, 2.75) is 25.9 Å². The third-order valence-electron chi connectivity index (χ3n) is 2.76. The number of hydrogen-bond donors (Lipinski definition) is 1. The summed E-state index contributed by atoms with van der Waals surface area (Å²) in [6, 6.07) is 5.43. The molecule has 0 spiro atoms. The van der Waals surface area contributed by atoms with E-state index >= 15 is 0 Å². The fraction of sp³-hybridized carbons (Fsp3) is 0.538. The summed E-state index contributed by atoms with van der Waals surface area (Å²) in [7, 11) is 1.90. The summed E-state index contributed by atoms with van der Waals surface area (Å²) < 4.78 is 37.0. The molecule has 0 aliphatic carbocycles. The van der Waals surface area contributed by atoms with E-state index in [0.29, 0.717) is 5.92 Å². The number of benzene rings is 1. The van der Waals surface area contributed by atoms with Gasteiger partial charge in [0, 0.05) is 0 Å². The Labute approximate surface area is 100 Å². The lowest BCUT2D eigenvalue weighted by Crippen LogP contribution is -2.16. The summed E-state index contributed by atoms with van der Waals surface area (Å²) in [6.07, 6.45) is -2.44. The predicted octanol–water partition coefficient (Wildman–Crippen LogP) is 3.49. The van der Waals surface area contributed by atoms with E-state index in [9.17, 15) is 13.2 Å². The maximum absolute atomic E-state index is 12.3. The second-order valence-corrected chi connectivity index (χ2v) is 4.40. The van der Waals surface area contributed by atoms with Crippen LogP contribution in [0.4, 0.5) is 13.2 Å². The van der Waals surface area contributed by atoms with Crippen LogP contribution in [0.2, 0.25) is 0 Å². The van der Waals surface area contributed by atoms with Gasteiger partial charge < -0.3 is 5.32 Å². The quantitative estimate of drug-likeness (QED) is 0.837. The van der Waals surface area contributed by atoms with E-state index in [1.165, 1.54) is 0 Å². The Morgan fingerprint density at radius 1 is 1.18 bits per heavy atom. The van der Waals surface area contributed by atoms with Crippen LogP contribution in [0, 0.1) is 5.92 Å². The molecule has 1 atom stereocenters. The van der Waals surface area contributed by atoms with E-state index < -0.39 is 11.7 Å². The Balaban J connectivity index is 2.51. The third kappa shape index (κ3) is 4.77. The topological polar surface area (TPSA) is 12.0 Å². The van der Waals surface area contributed by atoms with Gasteiger partial charge in [-0.05, 0) is 50.0 Å². The molecule has 1 aromatic rings. The van der Waals surface area contributed by atoms with Gasteiger partial charge >= 0.3 is 6.18 Å². The summed E-state index contributed by atoms with van der Waals surface area (Å²) in [4.78, 5) is 0. The number of hydrogen-bond acceptors (Lipinski definition) is 1. The summed E-state index contributed by atoms with van der Waals surface area (Å²) in [5, 5.41) is 3.08. The molecule has 1 N–H and O–H groups in total. The van der Waals surface area contributed by atoms with E-state index in [1.807, 2.05) is 7.05 Å². The van der Waals surface area contributed by atoms with Crippen molar-refractivity contribution >= 4 is 0 Å². The van der Waals surface area contributed by atoms with Gasteiger partial charge in [-0.1, -0.05) is 19.1 Å². The molecule has 0 amide bonds. The normalized spacial score (nSPS) is 13.7. The molecule has 17 heavy (non-hydrogen) atoms. The average Bonchev–Trinajstić information content (AvgIpc) is 2.26. The molecule has 1 unspecified atom stereocenters. The first-order valence-electron chi connectivity index (χ1n) is 5.74. The smallest absolute Gasteiger partial charge is 0.319 e. The van der Waals surface area contributed by atoms with E-state index in [1.54, 1.807) is 12.1 Å². The minimum absolute atomic E-state index is 0.530. The summed E-state index contributed by atoms with van der Waals surface area (Å²) in [6.45, 7) is 3.06. The van der Waals surface area contributed by atoms with E-state index in [0.717, 1.165) is 37.1 Å². The van der Waals surface area contributed by atoms with Gasteiger partial charge in [0.2, 0.25) is 0 Å². The maximum atomic E-state index is 12.3. The van der Waals surface area contributed by atoms with E-state index in [4.69, 9.17) is 0 Å². The Morgan fingerprint density at radius 3 is 2.24 bits per heavy atom. The van der Waals surface area contributed by atoms with Gasteiger partial charge in [-0.25, -0.2) is 0 Å². The molecule has 4 heteroatoms. The van der Waals surface area contributed by atoms with Crippen LogP contribution in [0.1, 0.15) is 24.5 Å². The van der Waals surface area contributed by atoms with Crippen LogP contribution in [0.25, 0.3) is 0 Å². The number of alkyl halides is 3. The van der Waals surface area contributed by atoms with Crippen molar-refractivity contribution in [1.29, 1.82) is 0 Å². The number of nitrogens with one attached hydrogen (secondary N) is 1. The molecule has 0 aromatic heterocycles. The van der Waals surface area contributed by atoms with Crippen molar-refractivity contribution in [3.63, 3.8) is 0 Å². The fourth-order valence-electron chi connectivity index (χ4n) is 1.72. The highest BCUT2D eigenvalue weighted by molar-refractivity contribution is 5.24. The van der Waals surface area contributed by atoms with Crippen LogP contribution in [0.3, 0.4) is 0 Å². The highest BCUT2D eigenvalue weighted by Crippen LogP contribution is 2.29. The van der Waals surface area contributed by atoms with Gasteiger partial charge in [-0.15, -0.1) is 0 Å². The molecule has 1 nitrogen and oxygen atoms in total. The van der Waals surface area contributed by atoms with Gasteiger partial charge in [0.25, 0.3) is 0 Å². The average molecular weight is 245 g/mol. The molecule has 0 saturated carbocycles. The molecular weight excluding hydrogens is 227 g/mol. The molecule has 1 rings (SSSR count). The van der Waals surface area contributed by atoms with Crippen LogP contribution >= 0.6 is 0 Å². The molecule has 0 fully saturated rings. The lowest BCUT2D eigenvalue weighted by molar-refractivity contribution is -0.137. The van der Waals surface area contributed by atoms with Crippen molar-refractivity contribution in [3.05, 3.63) is 35.4 Å². The largest absolute Gasteiger partial charge is 0.416 e. The zero-order chi connectivity index (χ0) is 12.9. The Kier molecular flexibility index (Phi) is 5.00. The Hall–Kier alpha value is -1.03. The molecule has 0 aliphatic rings. The van der Waals surface area contributed by atoms with Crippen LogP contribution in [0.5, 0.6) is 0 Å². The lowest BCUT2D eigenvalue weighted by Gasteiger charge is -2.11. The van der Waals surface area contributed by atoms with Gasteiger partial charge in [-0.2, -0.15) is 13.2 Å². The monoisotopic (exact) mass is 245 g/mol. The number of aryl methyl sites for hydroxylation is 1. The predicted molar refractivity (Wildman–Crippen MR) is 62.9 cm³/mol. The summed E-state index contributed by atoms with van der Waals surface area (Å²) in [5.74, 6) is 0.530. The zero-order valence-corrected chi connectivity index (χ0v) is 10.1. The molecular formula is C13H18F3N. The third-order valence-corrected chi connectivity index (χ3v) is 2.76. The molecule has 0 saturated heterocycles. The van der Waals surface area contributed by atoms with Crippen molar-refractivity contribution in [1.82, 2.24) is 5.32 Å². The van der Waals surface area contributed by atoms with Gasteiger partial charge in [-0.3, -0.25) is 0 Å². The minimum atomic E-state index is -4.24. The SMILES string of the molecule is CNCC(C)CCc1ccc(C(F)(F)F)cc1. The molecule has 0 aliphatic heterocycles. The van der Waals surface area contributed by atoms with E-state index in [-0.39, 0.29) is 0 Å². The summed E-state index contributed by atoms with van der Waals surface area (Å²) in [5.41, 5.74) is 0.380. The molecule has 96 valence electrons. The molecule has 0 heterocycles. The van der Waals surface area contributed by atoms with Crippen molar-refractivity contribution in [2.75, 3.05) is 13.6 Å². The Bertz CT molecular complexity index is 330. The van der Waals surface area contributed by atoms with Crippen molar-refractivity contribution < 1.29 is 13.2 Å². The number of halogens is 3. The van der Waals surface area contributed by atoms with Crippen molar-refractivity contribution in [3.8, 4) is 0 Å². The van der Waals surface area contributed by atoms with Gasteiger partial charge in [0.15, 0.2) is 0 Å². The molecule has 0 bridgehead atoms. The van der Waals surface area contributed by atoms with Gasteiger partial charge in [0.05, 0.1) is 5.56 Å². The fourth-order valence-corrected chi connectivity index (χ4v) is 1.72. The first-order chi connectivity index (χ1) is 7.93. The van der Waals surface area contributed by atoms with Crippen molar-refractivity contribution in [2.24, 2.45) is 5.92 Å². The minimum Gasteiger partial charge on any atom is -0.319 e. The standard InChI is InChI=1S/C13H18F3N/c1-10(9-17-2)3-4-11-5-7-12(8-6-11)13(14,15)16/h5-8,10,17H,3-4,9H2,1-2H3. The Morgan fingerprint density at radius 2 is 1.76 bits per heavy atom. The second-order valence-electron chi connectivity index (χ2n) is 4.40. The van der Waals surface area contributed by atoms with Crippen LogP contribution in [-0.2, 0) is 12.6 Å². The van der Waals surface area contributed by atoms with Crippen LogP contribution in [-0.4, -0.2) is 13.6 Å². The first-order valence-corrected chi connectivity index (χ1v) is 5.74. The van der Waals surface area contributed by atoms with Crippen LogP contribution < -0.4 is 5.32 Å². The highest BCUT2D eigenvalue weighted by atomic mass is 19.4. The lowest BCUT2D eigenvalue weighted by atomic mass is 10.0. The first kappa shape index (κ1) is 14.0. The van der Waals surface area contributed by atoms with Crippen LogP contribution in [0.15, 0.2) is 24.3 Å². The molecule has 0 radical (unpaired) electrons. The van der Waals surface area contributed by atoms with E-state index in [2.05, 4.69) is 12.2 Å². The summed E-state index contributed by atoms with van der Waals surface area (Å²) >= 11 is 0. The second kappa shape index (κ2) is 6.05. The van der Waals surface area contributed by atoms with Gasteiger partial charge in [0.1, 0.15) is 0 Å². The highest BCUT2D eigenvalue weighted by Gasteiger charge is 2.29. The zero-order valence-electron chi connectivity index (χ0n) is 10.1.